The molecule has 0 aromatic heterocycles. The fourth-order valence-electron chi connectivity index (χ4n) is 7.56. The fourth-order valence-corrected chi connectivity index (χ4v) is 9.96. The number of hydrogen-bond donors (Lipinski definition) is 1. The predicted octanol–water partition coefficient (Wildman–Crippen LogP) is 4.76. The number of fused-ring (bicyclic) bond motifs is 1. The fraction of sp³-hybridized carbons (Fsp3) is 0.618. The first-order valence-corrected chi connectivity index (χ1v) is 16.5. The minimum absolute atomic E-state index is 0.00465. The number of aliphatic hydroxyl groups is 1. The van der Waals surface area contributed by atoms with E-state index in [2.05, 4.69) is 27.0 Å². The van der Waals surface area contributed by atoms with Crippen LogP contribution in [0.25, 0.3) is 0 Å². The van der Waals surface area contributed by atoms with Gasteiger partial charge in [0.25, 0.3) is 0 Å². The van der Waals surface area contributed by atoms with Gasteiger partial charge in [-0.05, 0) is 30.2 Å². The highest BCUT2D eigenvalue weighted by Gasteiger charge is 2.77. The molecular formula is C34H49N3O4S. The Morgan fingerprint density at radius 3 is 2.40 bits per heavy atom. The van der Waals surface area contributed by atoms with E-state index in [1.54, 1.807) is 28.8 Å². The Bertz CT molecular complexity index is 1140. The molecule has 3 aliphatic heterocycles. The smallest absolute Gasteiger partial charge is 0.247 e. The normalized spacial score (nSPS) is 29.2. The lowest BCUT2D eigenvalue weighted by Gasteiger charge is -2.43. The Labute approximate surface area is 256 Å². The number of likely N-dealkylation sites (tertiary alicyclic amines) is 1. The summed E-state index contributed by atoms with van der Waals surface area (Å²) >= 11 is 1.70. The molecule has 0 saturated carbocycles. The molecule has 3 amide bonds. The van der Waals surface area contributed by atoms with Crippen molar-refractivity contribution >= 4 is 29.5 Å². The molecule has 4 rings (SSSR count). The summed E-state index contributed by atoms with van der Waals surface area (Å²) in [4.78, 5) is 49.2. The molecule has 1 N–H and O–H groups in total. The zero-order valence-corrected chi connectivity index (χ0v) is 26.6. The first kappa shape index (κ1) is 32.3. The van der Waals surface area contributed by atoms with Crippen LogP contribution < -0.4 is 0 Å². The molecule has 1 aromatic carbocycles. The molecule has 7 nitrogen and oxygen atoms in total. The highest BCUT2D eigenvalue weighted by Crippen LogP contribution is 2.69. The molecule has 3 heterocycles. The summed E-state index contributed by atoms with van der Waals surface area (Å²) in [5.74, 6) is -1.36. The van der Waals surface area contributed by atoms with Crippen LogP contribution in [0.1, 0.15) is 58.9 Å². The number of benzene rings is 1. The summed E-state index contributed by atoms with van der Waals surface area (Å²) in [5, 5.41) is 10.6. The summed E-state index contributed by atoms with van der Waals surface area (Å²) < 4.78 is -0.724. The summed E-state index contributed by atoms with van der Waals surface area (Å²) in [6.07, 6.45) is 6.82. The highest BCUT2D eigenvalue weighted by molar-refractivity contribution is 8.02. The van der Waals surface area contributed by atoms with Gasteiger partial charge in [0.15, 0.2) is 0 Å². The Hall–Kier alpha value is -2.58. The minimum Gasteiger partial charge on any atom is -0.394 e. The van der Waals surface area contributed by atoms with Crippen LogP contribution in [0.4, 0.5) is 0 Å². The number of thioether (sulfide) groups is 1. The van der Waals surface area contributed by atoms with Crippen LogP contribution in [-0.2, 0) is 20.9 Å². The lowest BCUT2D eigenvalue weighted by atomic mass is 9.65. The van der Waals surface area contributed by atoms with Crippen molar-refractivity contribution in [1.29, 1.82) is 0 Å². The third-order valence-corrected chi connectivity index (χ3v) is 11.9. The van der Waals surface area contributed by atoms with Gasteiger partial charge in [0.1, 0.15) is 6.04 Å². The lowest BCUT2D eigenvalue weighted by Crippen LogP contribution is -2.60. The van der Waals surface area contributed by atoms with Crippen LogP contribution in [0, 0.1) is 23.7 Å². The topological polar surface area (TPSA) is 81.2 Å². The van der Waals surface area contributed by atoms with Gasteiger partial charge in [-0.15, -0.1) is 24.9 Å². The molecule has 3 saturated heterocycles. The van der Waals surface area contributed by atoms with Gasteiger partial charge in [-0.1, -0.05) is 83.0 Å². The Morgan fingerprint density at radius 2 is 1.81 bits per heavy atom. The molecule has 3 fully saturated rings. The summed E-state index contributed by atoms with van der Waals surface area (Å²) in [5.41, 5.74) is 1.02. The monoisotopic (exact) mass is 595 g/mol. The quantitative estimate of drug-likeness (QED) is 0.296. The lowest BCUT2D eigenvalue weighted by molar-refractivity contribution is -0.148. The van der Waals surface area contributed by atoms with Gasteiger partial charge in [0.2, 0.25) is 17.7 Å². The zero-order valence-electron chi connectivity index (χ0n) is 25.8. The third kappa shape index (κ3) is 5.57. The molecule has 2 bridgehead atoms. The number of aliphatic hydroxyl groups excluding tert-OH is 1. The van der Waals surface area contributed by atoms with Crippen molar-refractivity contribution < 1.29 is 19.5 Å². The van der Waals surface area contributed by atoms with Crippen molar-refractivity contribution in [2.45, 2.75) is 82.0 Å². The molecule has 8 atom stereocenters. The van der Waals surface area contributed by atoms with Gasteiger partial charge < -0.3 is 19.8 Å². The molecule has 3 aliphatic rings. The largest absolute Gasteiger partial charge is 0.394 e. The Kier molecular flexibility index (Phi) is 10.6. The van der Waals surface area contributed by atoms with Crippen molar-refractivity contribution in [3.05, 3.63) is 61.2 Å². The van der Waals surface area contributed by atoms with E-state index in [0.29, 0.717) is 26.2 Å². The average Bonchev–Trinajstić information content (AvgIpc) is 3.59. The molecule has 230 valence electrons. The van der Waals surface area contributed by atoms with Crippen molar-refractivity contribution in [2.24, 2.45) is 23.7 Å². The van der Waals surface area contributed by atoms with E-state index in [4.69, 9.17) is 0 Å². The number of nitrogens with zero attached hydrogens (tertiary/aromatic N) is 3. The molecule has 1 spiro atoms. The van der Waals surface area contributed by atoms with E-state index >= 15 is 0 Å². The Morgan fingerprint density at radius 1 is 1.14 bits per heavy atom. The van der Waals surface area contributed by atoms with Crippen molar-refractivity contribution in [2.75, 3.05) is 26.2 Å². The van der Waals surface area contributed by atoms with Crippen LogP contribution >= 0.6 is 11.8 Å². The molecule has 0 aliphatic carbocycles. The number of unbranched alkanes of at least 4 members (excludes halogenated alkanes) is 1. The zero-order chi connectivity index (χ0) is 30.6. The SMILES string of the molecule is C=CCN(CCCC)C(=O)C1N([C@@H](CO)[C@@H](C)CC)C(=O)[C@@H]2[C@H](C(=O)N(CC=C)Cc3ccccc3)[C@@H]3CC(C)C12S3. The van der Waals surface area contributed by atoms with Gasteiger partial charge >= 0.3 is 0 Å². The maximum Gasteiger partial charge on any atom is 0.247 e. The van der Waals surface area contributed by atoms with E-state index in [9.17, 15) is 19.5 Å². The van der Waals surface area contributed by atoms with Gasteiger partial charge in [-0.2, -0.15) is 0 Å². The molecular weight excluding hydrogens is 546 g/mol. The third-order valence-electron chi connectivity index (χ3n) is 9.87. The van der Waals surface area contributed by atoms with Gasteiger partial charge in [-0.25, -0.2) is 0 Å². The summed E-state index contributed by atoms with van der Waals surface area (Å²) in [6.45, 7) is 17.7. The second kappa shape index (κ2) is 13.8. The molecule has 42 heavy (non-hydrogen) atoms. The average molecular weight is 596 g/mol. The van der Waals surface area contributed by atoms with Crippen LogP contribution in [-0.4, -0.2) is 85.8 Å². The number of carbonyl (C=O) groups excluding carboxylic acids is 3. The van der Waals surface area contributed by atoms with Gasteiger partial charge in [0.05, 0.1) is 29.2 Å². The predicted molar refractivity (Wildman–Crippen MR) is 170 cm³/mol. The second-order valence-corrected chi connectivity index (χ2v) is 13.9. The second-order valence-electron chi connectivity index (χ2n) is 12.4. The molecule has 3 unspecified atom stereocenters. The van der Waals surface area contributed by atoms with Gasteiger partial charge in [0, 0.05) is 31.4 Å². The van der Waals surface area contributed by atoms with Crippen molar-refractivity contribution in [1.82, 2.24) is 14.7 Å². The minimum atomic E-state index is -0.734. The number of rotatable bonds is 15. The van der Waals surface area contributed by atoms with Crippen molar-refractivity contribution in [3.8, 4) is 0 Å². The van der Waals surface area contributed by atoms with Crippen LogP contribution in [0.15, 0.2) is 55.6 Å². The van der Waals surface area contributed by atoms with E-state index in [1.807, 2.05) is 54.0 Å². The number of amides is 3. The highest BCUT2D eigenvalue weighted by atomic mass is 32.2. The molecule has 8 heteroatoms. The Balaban J connectivity index is 1.80. The summed E-state index contributed by atoms with van der Waals surface area (Å²) in [6, 6.07) is 8.65. The first-order chi connectivity index (χ1) is 20.2. The standard InChI is InChI=1S/C34H49N3O4S/c1-7-11-19-35(17-8-2)33(41)30-34-24(6)20-27(42-34)28(29(34)32(40)37(30)26(22-38)23(5)10-4)31(39)36(18-9-3)21-25-15-13-12-14-16-25/h8-9,12-16,23-24,26-30,38H,2-3,7,10-11,17-22H2,1,4-6H3/t23-,24?,26-,27-,28+,29-,30?,34?/m0/s1. The van der Waals surface area contributed by atoms with Crippen LogP contribution in [0.3, 0.4) is 0 Å². The van der Waals surface area contributed by atoms with Crippen LogP contribution in [0.5, 0.6) is 0 Å². The number of hydrogen-bond acceptors (Lipinski definition) is 5. The summed E-state index contributed by atoms with van der Waals surface area (Å²) in [7, 11) is 0. The molecule has 0 radical (unpaired) electrons. The maximum atomic E-state index is 14.7. The van der Waals surface area contributed by atoms with Gasteiger partial charge in [-0.3, -0.25) is 14.4 Å². The van der Waals surface area contributed by atoms with E-state index in [0.717, 1.165) is 31.2 Å². The van der Waals surface area contributed by atoms with E-state index < -0.39 is 28.7 Å². The number of carbonyl (C=O) groups is 3. The van der Waals surface area contributed by atoms with Crippen LogP contribution in [0.2, 0.25) is 0 Å². The van der Waals surface area contributed by atoms with E-state index in [-0.39, 0.29) is 41.4 Å². The maximum absolute atomic E-state index is 14.7. The molecule has 1 aromatic rings. The van der Waals surface area contributed by atoms with Crippen molar-refractivity contribution in [3.63, 3.8) is 0 Å². The first-order valence-electron chi connectivity index (χ1n) is 15.7. The van der Waals surface area contributed by atoms with E-state index in [1.165, 1.54) is 0 Å².